The van der Waals surface area contributed by atoms with Crippen molar-refractivity contribution in [1.82, 2.24) is 9.78 Å². The van der Waals surface area contributed by atoms with Crippen molar-refractivity contribution in [2.75, 3.05) is 11.5 Å². The van der Waals surface area contributed by atoms with E-state index in [1.807, 2.05) is 11.7 Å². The molecule has 0 radical (unpaired) electrons. The maximum absolute atomic E-state index is 5.61. The third-order valence-electron chi connectivity index (χ3n) is 2.76. The summed E-state index contributed by atoms with van der Waals surface area (Å²) in [6.07, 6.45) is 2.47. The Morgan fingerprint density at radius 1 is 1.71 bits per heavy atom. The summed E-state index contributed by atoms with van der Waals surface area (Å²) in [6.45, 7) is 0.586. The third-order valence-corrected chi connectivity index (χ3v) is 3.99. The predicted octanol–water partition coefficient (Wildman–Crippen LogP) is 1.17. The molecule has 1 aromatic rings. The van der Waals surface area contributed by atoms with E-state index in [1.54, 1.807) is 0 Å². The molecule has 3 nitrogen and oxygen atoms in total. The van der Waals surface area contributed by atoms with Crippen LogP contribution in [0.25, 0.3) is 0 Å². The number of nitrogens with zero attached hydrogens (tertiary/aromatic N) is 2. The number of rotatable bonds is 3. The molecule has 0 bridgehead atoms. The zero-order chi connectivity index (χ0) is 9.97. The van der Waals surface area contributed by atoms with Crippen LogP contribution < -0.4 is 5.73 Å². The average Bonchev–Trinajstić information content (AvgIpc) is 2.76. The smallest absolute Gasteiger partial charge is 0.0631 e. The molecule has 1 atom stereocenters. The molecule has 1 fully saturated rings. The molecular weight excluding hydrogens is 194 g/mol. The molecule has 0 aromatic carbocycles. The summed E-state index contributed by atoms with van der Waals surface area (Å²) in [4.78, 5) is 0. The van der Waals surface area contributed by atoms with E-state index in [0.29, 0.717) is 6.54 Å². The number of aromatic nitrogens is 2. The number of thioether (sulfide) groups is 1. The number of aryl methyl sites for hydroxylation is 1. The molecule has 0 saturated carbocycles. The summed E-state index contributed by atoms with van der Waals surface area (Å²) in [5.41, 5.74) is 7.95. The summed E-state index contributed by atoms with van der Waals surface area (Å²) in [5, 5.41) is 4.47. The Morgan fingerprint density at radius 3 is 3.14 bits per heavy atom. The third kappa shape index (κ3) is 2.12. The molecule has 1 aliphatic heterocycles. The van der Waals surface area contributed by atoms with Gasteiger partial charge in [-0.15, -0.1) is 0 Å². The minimum absolute atomic E-state index is 0.586. The lowest BCUT2D eigenvalue weighted by molar-refractivity contribution is 0.577. The van der Waals surface area contributed by atoms with Crippen LogP contribution in [0.5, 0.6) is 0 Å². The van der Waals surface area contributed by atoms with Crippen molar-refractivity contribution in [3.05, 3.63) is 17.5 Å². The van der Waals surface area contributed by atoms with Crippen molar-refractivity contribution >= 4 is 11.8 Å². The van der Waals surface area contributed by atoms with Gasteiger partial charge in [-0.05, 0) is 36.3 Å². The van der Waals surface area contributed by atoms with Crippen molar-refractivity contribution in [2.24, 2.45) is 18.7 Å². The second-order valence-corrected chi connectivity index (χ2v) is 5.04. The minimum atomic E-state index is 0.586. The highest BCUT2D eigenvalue weighted by Gasteiger charge is 2.17. The Kier molecular flexibility index (Phi) is 3.13. The maximum atomic E-state index is 5.61. The minimum Gasteiger partial charge on any atom is -0.325 e. The van der Waals surface area contributed by atoms with Gasteiger partial charge in [-0.2, -0.15) is 16.9 Å². The zero-order valence-corrected chi connectivity index (χ0v) is 9.39. The molecule has 2 heterocycles. The Balaban J connectivity index is 2.01. The SMILES string of the molecule is Cn1nc(CC2CCSC2)cc1CN. The van der Waals surface area contributed by atoms with Gasteiger partial charge in [-0.25, -0.2) is 0 Å². The molecule has 14 heavy (non-hydrogen) atoms. The van der Waals surface area contributed by atoms with Crippen molar-refractivity contribution < 1.29 is 0 Å². The van der Waals surface area contributed by atoms with Gasteiger partial charge in [0.25, 0.3) is 0 Å². The van der Waals surface area contributed by atoms with Crippen LogP contribution in [0.2, 0.25) is 0 Å². The van der Waals surface area contributed by atoms with E-state index in [0.717, 1.165) is 18.0 Å². The molecular formula is C10H17N3S. The van der Waals surface area contributed by atoms with Crippen LogP contribution in [0.4, 0.5) is 0 Å². The summed E-state index contributed by atoms with van der Waals surface area (Å²) in [6, 6.07) is 2.14. The summed E-state index contributed by atoms with van der Waals surface area (Å²) in [5.74, 6) is 3.45. The highest BCUT2D eigenvalue weighted by Crippen LogP contribution is 2.26. The molecule has 0 spiro atoms. The van der Waals surface area contributed by atoms with E-state index in [4.69, 9.17) is 5.73 Å². The van der Waals surface area contributed by atoms with Gasteiger partial charge >= 0.3 is 0 Å². The van der Waals surface area contributed by atoms with Crippen LogP contribution in [0.15, 0.2) is 6.07 Å². The first-order valence-corrected chi connectivity index (χ1v) is 6.24. The molecule has 0 amide bonds. The fraction of sp³-hybridized carbons (Fsp3) is 0.700. The highest BCUT2D eigenvalue weighted by molar-refractivity contribution is 7.99. The maximum Gasteiger partial charge on any atom is 0.0631 e. The first kappa shape index (κ1) is 10.1. The van der Waals surface area contributed by atoms with Crippen LogP contribution in [0.3, 0.4) is 0 Å². The van der Waals surface area contributed by atoms with Gasteiger partial charge in [0.15, 0.2) is 0 Å². The lowest BCUT2D eigenvalue weighted by atomic mass is 10.0. The summed E-state index contributed by atoms with van der Waals surface area (Å²) >= 11 is 2.06. The van der Waals surface area contributed by atoms with E-state index in [-0.39, 0.29) is 0 Å². The van der Waals surface area contributed by atoms with Crippen molar-refractivity contribution in [2.45, 2.75) is 19.4 Å². The predicted molar refractivity (Wildman–Crippen MR) is 60.2 cm³/mol. The number of nitrogens with two attached hydrogens (primary N) is 1. The first-order chi connectivity index (χ1) is 6.79. The van der Waals surface area contributed by atoms with E-state index < -0.39 is 0 Å². The van der Waals surface area contributed by atoms with E-state index >= 15 is 0 Å². The molecule has 2 N–H and O–H groups in total. The van der Waals surface area contributed by atoms with Crippen molar-refractivity contribution in [3.63, 3.8) is 0 Å². The van der Waals surface area contributed by atoms with Crippen molar-refractivity contribution in [1.29, 1.82) is 0 Å². The van der Waals surface area contributed by atoms with Crippen molar-refractivity contribution in [3.8, 4) is 0 Å². The second kappa shape index (κ2) is 4.36. The topological polar surface area (TPSA) is 43.8 Å². The lowest BCUT2D eigenvalue weighted by Gasteiger charge is -2.03. The molecule has 0 aliphatic carbocycles. The van der Waals surface area contributed by atoms with Gasteiger partial charge in [0.1, 0.15) is 0 Å². The monoisotopic (exact) mass is 211 g/mol. The van der Waals surface area contributed by atoms with E-state index in [1.165, 1.54) is 23.6 Å². The van der Waals surface area contributed by atoms with Gasteiger partial charge in [0.2, 0.25) is 0 Å². The van der Waals surface area contributed by atoms with Crippen LogP contribution in [0.1, 0.15) is 17.8 Å². The molecule has 2 rings (SSSR count). The Bertz CT molecular complexity index is 302. The molecule has 4 heteroatoms. The van der Waals surface area contributed by atoms with Gasteiger partial charge in [0, 0.05) is 13.6 Å². The van der Waals surface area contributed by atoms with Gasteiger partial charge in [-0.1, -0.05) is 0 Å². The standard InChI is InChI=1S/C10H17N3S/c1-13-10(6-11)5-9(12-13)4-8-2-3-14-7-8/h5,8H,2-4,6-7,11H2,1H3. The molecule has 1 aromatic heterocycles. The Morgan fingerprint density at radius 2 is 2.57 bits per heavy atom. The lowest BCUT2D eigenvalue weighted by Crippen LogP contribution is -2.04. The molecule has 1 saturated heterocycles. The summed E-state index contributed by atoms with van der Waals surface area (Å²) < 4.78 is 1.90. The normalized spacial score (nSPS) is 21.7. The molecule has 1 aliphatic rings. The fourth-order valence-electron chi connectivity index (χ4n) is 1.90. The van der Waals surface area contributed by atoms with E-state index in [2.05, 4.69) is 22.9 Å². The zero-order valence-electron chi connectivity index (χ0n) is 8.57. The Labute approximate surface area is 89.1 Å². The van der Waals surface area contributed by atoms with Gasteiger partial charge < -0.3 is 5.73 Å². The van der Waals surface area contributed by atoms with Gasteiger partial charge in [0.05, 0.1) is 11.4 Å². The highest BCUT2D eigenvalue weighted by atomic mass is 32.2. The van der Waals surface area contributed by atoms with Gasteiger partial charge in [-0.3, -0.25) is 4.68 Å². The van der Waals surface area contributed by atoms with Crippen LogP contribution in [-0.2, 0) is 20.0 Å². The number of hydrogen-bond acceptors (Lipinski definition) is 3. The first-order valence-electron chi connectivity index (χ1n) is 5.09. The fourth-order valence-corrected chi connectivity index (χ4v) is 3.19. The Hall–Kier alpha value is -0.480. The van der Waals surface area contributed by atoms with Crippen LogP contribution in [-0.4, -0.2) is 21.3 Å². The average molecular weight is 211 g/mol. The second-order valence-electron chi connectivity index (χ2n) is 3.89. The van der Waals surface area contributed by atoms with Crippen LogP contribution in [0, 0.1) is 5.92 Å². The van der Waals surface area contributed by atoms with Crippen LogP contribution >= 0.6 is 11.8 Å². The number of hydrogen-bond donors (Lipinski definition) is 1. The quantitative estimate of drug-likeness (QED) is 0.816. The van der Waals surface area contributed by atoms with E-state index in [9.17, 15) is 0 Å². The molecule has 78 valence electrons. The molecule has 1 unspecified atom stereocenters. The summed E-state index contributed by atoms with van der Waals surface area (Å²) in [7, 11) is 1.97. The largest absolute Gasteiger partial charge is 0.325 e.